The zero-order chi connectivity index (χ0) is 13.9. The summed E-state index contributed by atoms with van der Waals surface area (Å²) < 4.78 is 5.19. The Morgan fingerprint density at radius 1 is 1.45 bits per heavy atom. The fourth-order valence-corrected chi connectivity index (χ4v) is 3.24. The van der Waals surface area contributed by atoms with Gasteiger partial charge in [-0.1, -0.05) is 24.3 Å². The van der Waals surface area contributed by atoms with Gasteiger partial charge in [-0.25, -0.2) is 0 Å². The standard InChI is InChI=1S/C16H22N2O2/c1-2-20-16(19)15-10-17-7-8-18(15)11-13-9-12-5-3-4-6-14(12)13/h3-6,13,15,17H,2,7-11H2,1H3. The molecule has 1 saturated heterocycles. The third-order valence-electron chi connectivity index (χ3n) is 4.33. The average Bonchev–Trinajstić information content (AvgIpc) is 2.45. The molecule has 20 heavy (non-hydrogen) atoms. The third kappa shape index (κ3) is 2.58. The summed E-state index contributed by atoms with van der Waals surface area (Å²) in [5.74, 6) is 0.480. The average molecular weight is 274 g/mol. The summed E-state index contributed by atoms with van der Waals surface area (Å²) in [7, 11) is 0. The Kier molecular flexibility index (Phi) is 4.03. The quantitative estimate of drug-likeness (QED) is 0.837. The molecule has 0 saturated carbocycles. The smallest absolute Gasteiger partial charge is 0.324 e. The zero-order valence-corrected chi connectivity index (χ0v) is 12.0. The van der Waals surface area contributed by atoms with E-state index in [9.17, 15) is 4.79 Å². The van der Waals surface area contributed by atoms with Gasteiger partial charge in [0.2, 0.25) is 0 Å². The van der Waals surface area contributed by atoms with Gasteiger partial charge in [0.25, 0.3) is 0 Å². The number of fused-ring (bicyclic) bond motifs is 1. The molecule has 4 heteroatoms. The lowest BCUT2D eigenvalue weighted by atomic mass is 9.77. The van der Waals surface area contributed by atoms with Gasteiger partial charge in [-0.2, -0.15) is 0 Å². The van der Waals surface area contributed by atoms with Gasteiger partial charge in [-0.05, 0) is 24.5 Å². The van der Waals surface area contributed by atoms with Crippen LogP contribution >= 0.6 is 0 Å². The van der Waals surface area contributed by atoms with E-state index in [4.69, 9.17) is 4.74 Å². The Bertz CT molecular complexity index is 489. The molecule has 1 heterocycles. The largest absolute Gasteiger partial charge is 0.465 e. The van der Waals surface area contributed by atoms with Crippen LogP contribution in [0.2, 0.25) is 0 Å². The summed E-state index contributed by atoms with van der Waals surface area (Å²) in [6.45, 7) is 5.85. The van der Waals surface area contributed by atoms with Crippen molar-refractivity contribution < 1.29 is 9.53 Å². The van der Waals surface area contributed by atoms with Gasteiger partial charge < -0.3 is 10.1 Å². The highest BCUT2D eigenvalue weighted by atomic mass is 16.5. The van der Waals surface area contributed by atoms with Crippen LogP contribution in [0.25, 0.3) is 0 Å². The van der Waals surface area contributed by atoms with Crippen molar-refractivity contribution in [1.29, 1.82) is 0 Å². The Balaban J connectivity index is 1.65. The van der Waals surface area contributed by atoms with Crippen LogP contribution in [0.15, 0.2) is 24.3 Å². The van der Waals surface area contributed by atoms with E-state index >= 15 is 0 Å². The minimum Gasteiger partial charge on any atom is -0.465 e. The second kappa shape index (κ2) is 5.94. The Labute approximate surface area is 120 Å². The molecular weight excluding hydrogens is 252 g/mol. The van der Waals surface area contributed by atoms with Gasteiger partial charge in [0, 0.05) is 32.1 Å². The fraction of sp³-hybridized carbons (Fsp3) is 0.562. The first-order valence-electron chi connectivity index (χ1n) is 7.48. The third-order valence-corrected chi connectivity index (χ3v) is 4.33. The normalized spacial score (nSPS) is 25.6. The highest BCUT2D eigenvalue weighted by Gasteiger charge is 2.34. The number of ether oxygens (including phenoxy) is 1. The minimum absolute atomic E-state index is 0.0905. The van der Waals surface area contributed by atoms with Crippen LogP contribution in [-0.4, -0.2) is 49.7 Å². The highest BCUT2D eigenvalue weighted by molar-refractivity contribution is 5.76. The SMILES string of the molecule is CCOC(=O)C1CNCCN1CC1Cc2ccccc21. The first-order chi connectivity index (χ1) is 9.79. The number of esters is 1. The molecule has 1 fully saturated rings. The summed E-state index contributed by atoms with van der Waals surface area (Å²) in [6.07, 6.45) is 1.13. The second-order valence-electron chi connectivity index (χ2n) is 5.57. The van der Waals surface area contributed by atoms with Crippen molar-refractivity contribution in [3.8, 4) is 0 Å². The van der Waals surface area contributed by atoms with Gasteiger partial charge in [-0.15, -0.1) is 0 Å². The Morgan fingerprint density at radius 3 is 3.10 bits per heavy atom. The molecule has 1 N–H and O–H groups in total. The molecule has 4 nitrogen and oxygen atoms in total. The van der Waals surface area contributed by atoms with Crippen LogP contribution in [0.5, 0.6) is 0 Å². The first-order valence-corrected chi connectivity index (χ1v) is 7.48. The monoisotopic (exact) mass is 274 g/mol. The zero-order valence-electron chi connectivity index (χ0n) is 12.0. The molecule has 0 radical (unpaired) electrons. The van der Waals surface area contributed by atoms with Crippen LogP contribution in [0.1, 0.15) is 24.0 Å². The summed E-state index contributed by atoms with van der Waals surface area (Å²) in [5, 5.41) is 3.29. The molecule has 2 unspecified atom stereocenters. The number of hydrogen-bond donors (Lipinski definition) is 1. The maximum absolute atomic E-state index is 12.0. The van der Waals surface area contributed by atoms with E-state index in [0.29, 0.717) is 19.1 Å². The fourth-order valence-electron chi connectivity index (χ4n) is 3.24. The minimum atomic E-state index is -0.128. The second-order valence-corrected chi connectivity index (χ2v) is 5.57. The number of rotatable bonds is 4. The lowest BCUT2D eigenvalue weighted by molar-refractivity contribution is -0.150. The van der Waals surface area contributed by atoms with E-state index in [1.807, 2.05) is 6.92 Å². The summed E-state index contributed by atoms with van der Waals surface area (Å²) in [5.41, 5.74) is 2.91. The number of nitrogens with one attached hydrogen (secondary N) is 1. The summed E-state index contributed by atoms with van der Waals surface area (Å²) >= 11 is 0. The molecule has 2 atom stereocenters. The summed E-state index contributed by atoms with van der Waals surface area (Å²) in [6, 6.07) is 8.49. The highest BCUT2D eigenvalue weighted by Crippen LogP contribution is 2.35. The van der Waals surface area contributed by atoms with Gasteiger partial charge in [0.15, 0.2) is 0 Å². The van der Waals surface area contributed by atoms with Crippen LogP contribution in [-0.2, 0) is 16.0 Å². The molecule has 3 rings (SSSR count). The van der Waals surface area contributed by atoms with Crippen molar-refractivity contribution in [3.05, 3.63) is 35.4 Å². The molecule has 1 aliphatic carbocycles. The maximum Gasteiger partial charge on any atom is 0.324 e. The molecule has 1 aromatic rings. The number of hydrogen-bond acceptors (Lipinski definition) is 4. The van der Waals surface area contributed by atoms with E-state index in [0.717, 1.165) is 26.1 Å². The molecule has 2 aliphatic rings. The van der Waals surface area contributed by atoms with Gasteiger partial charge in [0.1, 0.15) is 6.04 Å². The Morgan fingerprint density at radius 2 is 2.30 bits per heavy atom. The molecule has 108 valence electrons. The lowest BCUT2D eigenvalue weighted by Gasteiger charge is -2.40. The molecule has 0 bridgehead atoms. The van der Waals surface area contributed by atoms with E-state index in [-0.39, 0.29) is 12.0 Å². The van der Waals surface area contributed by atoms with E-state index in [1.165, 1.54) is 11.1 Å². The van der Waals surface area contributed by atoms with Crippen molar-refractivity contribution in [2.45, 2.75) is 25.3 Å². The topological polar surface area (TPSA) is 41.6 Å². The van der Waals surface area contributed by atoms with Crippen LogP contribution in [0.3, 0.4) is 0 Å². The van der Waals surface area contributed by atoms with E-state index in [1.54, 1.807) is 0 Å². The maximum atomic E-state index is 12.0. The molecular formula is C16H22N2O2. The van der Waals surface area contributed by atoms with E-state index < -0.39 is 0 Å². The number of carbonyl (C=O) groups excluding carboxylic acids is 1. The number of nitrogens with zero attached hydrogens (tertiary/aromatic N) is 1. The molecule has 1 aromatic carbocycles. The van der Waals surface area contributed by atoms with Crippen molar-refractivity contribution >= 4 is 5.97 Å². The van der Waals surface area contributed by atoms with Crippen LogP contribution in [0, 0.1) is 0 Å². The van der Waals surface area contributed by atoms with E-state index in [2.05, 4.69) is 34.5 Å². The van der Waals surface area contributed by atoms with Crippen LogP contribution in [0.4, 0.5) is 0 Å². The molecule has 0 spiro atoms. The van der Waals surface area contributed by atoms with Gasteiger partial charge in [-0.3, -0.25) is 9.69 Å². The van der Waals surface area contributed by atoms with Crippen molar-refractivity contribution in [1.82, 2.24) is 10.2 Å². The molecule has 0 aromatic heterocycles. The molecule has 1 aliphatic heterocycles. The van der Waals surface area contributed by atoms with Gasteiger partial charge >= 0.3 is 5.97 Å². The first kappa shape index (κ1) is 13.6. The Hall–Kier alpha value is -1.39. The number of piperazine rings is 1. The number of benzene rings is 1. The van der Waals surface area contributed by atoms with Gasteiger partial charge in [0.05, 0.1) is 6.61 Å². The molecule has 0 amide bonds. The predicted molar refractivity (Wildman–Crippen MR) is 77.8 cm³/mol. The summed E-state index contributed by atoms with van der Waals surface area (Å²) in [4.78, 5) is 14.3. The predicted octanol–water partition coefficient (Wildman–Crippen LogP) is 1.16. The number of carbonyl (C=O) groups is 1. The van der Waals surface area contributed by atoms with Crippen molar-refractivity contribution in [2.75, 3.05) is 32.8 Å². The van der Waals surface area contributed by atoms with Crippen molar-refractivity contribution in [3.63, 3.8) is 0 Å². The van der Waals surface area contributed by atoms with Crippen molar-refractivity contribution in [2.24, 2.45) is 0 Å². The van der Waals surface area contributed by atoms with Crippen LogP contribution < -0.4 is 5.32 Å². The lowest BCUT2D eigenvalue weighted by Crippen LogP contribution is -2.56.